The second-order valence-electron chi connectivity index (χ2n) is 7.08. The van der Waals surface area contributed by atoms with Crippen LogP contribution in [0.5, 0.6) is 0 Å². The van der Waals surface area contributed by atoms with Crippen molar-refractivity contribution in [3.63, 3.8) is 0 Å². The maximum absolute atomic E-state index is 6.00. The van der Waals surface area contributed by atoms with E-state index >= 15 is 0 Å². The van der Waals surface area contributed by atoms with Crippen LogP contribution in [0.4, 0.5) is 0 Å². The smallest absolute Gasteiger partial charge is 0.170 e. The lowest BCUT2D eigenvalue weighted by atomic mass is 9.84. The normalized spacial score (nSPS) is 33.3. The number of hydrogen-bond donors (Lipinski definition) is 1. The van der Waals surface area contributed by atoms with Crippen LogP contribution in [0.15, 0.2) is 0 Å². The molecule has 3 fully saturated rings. The van der Waals surface area contributed by atoms with Crippen LogP contribution < -0.4 is 5.32 Å². The molecule has 4 heteroatoms. The largest absolute Gasteiger partial charge is 0.347 e. The van der Waals surface area contributed by atoms with E-state index in [9.17, 15) is 0 Å². The Kier molecular flexibility index (Phi) is 5.20. The minimum absolute atomic E-state index is 0.276. The van der Waals surface area contributed by atoms with Crippen LogP contribution in [0.25, 0.3) is 0 Å². The third kappa shape index (κ3) is 3.44. The lowest BCUT2D eigenvalue weighted by molar-refractivity contribution is -0.194. The van der Waals surface area contributed by atoms with E-state index < -0.39 is 0 Å². The third-order valence-corrected chi connectivity index (χ3v) is 5.71. The first-order valence-electron chi connectivity index (χ1n) is 8.97. The number of likely N-dealkylation sites (N-methyl/N-ethyl adjacent to an activating group) is 1. The van der Waals surface area contributed by atoms with Gasteiger partial charge < -0.3 is 14.8 Å². The van der Waals surface area contributed by atoms with Gasteiger partial charge in [-0.05, 0) is 39.3 Å². The van der Waals surface area contributed by atoms with Gasteiger partial charge in [0.15, 0.2) is 5.79 Å². The molecule has 0 radical (unpaired) electrons. The molecule has 122 valence electrons. The Morgan fingerprint density at radius 2 is 1.86 bits per heavy atom. The zero-order chi connectivity index (χ0) is 14.7. The Labute approximate surface area is 129 Å². The average molecular weight is 296 g/mol. The van der Waals surface area contributed by atoms with Gasteiger partial charge in [-0.15, -0.1) is 0 Å². The Hall–Kier alpha value is -0.160. The number of hydrogen-bond acceptors (Lipinski definition) is 4. The molecule has 1 aliphatic heterocycles. The summed E-state index contributed by atoms with van der Waals surface area (Å²) >= 11 is 0. The van der Waals surface area contributed by atoms with E-state index in [1.807, 2.05) is 0 Å². The standard InChI is InChI=1S/C17H32N2O2/c1-3-10-18-15-8-9-17(20-11-12-21-17)13-16(15)19(2)14-6-4-5-7-14/h14-16,18H,3-13H2,1-2H3. The maximum atomic E-state index is 6.00. The van der Waals surface area contributed by atoms with Gasteiger partial charge in [-0.2, -0.15) is 0 Å². The molecule has 0 aromatic rings. The zero-order valence-electron chi connectivity index (χ0n) is 13.8. The molecule has 1 spiro atoms. The van der Waals surface area contributed by atoms with E-state index in [0.717, 1.165) is 38.6 Å². The van der Waals surface area contributed by atoms with Gasteiger partial charge in [-0.3, -0.25) is 4.90 Å². The van der Waals surface area contributed by atoms with Crippen molar-refractivity contribution < 1.29 is 9.47 Å². The molecule has 2 atom stereocenters. The van der Waals surface area contributed by atoms with Gasteiger partial charge in [0, 0.05) is 31.0 Å². The van der Waals surface area contributed by atoms with E-state index in [-0.39, 0.29) is 5.79 Å². The molecular weight excluding hydrogens is 264 g/mol. The van der Waals surface area contributed by atoms with Gasteiger partial charge in [-0.1, -0.05) is 19.8 Å². The van der Waals surface area contributed by atoms with Gasteiger partial charge in [0.25, 0.3) is 0 Å². The van der Waals surface area contributed by atoms with E-state index in [4.69, 9.17) is 9.47 Å². The minimum atomic E-state index is -0.276. The predicted octanol–water partition coefficient (Wildman–Crippen LogP) is 2.52. The minimum Gasteiger partial charge on any atom is -0.347 e. The third-order valence-electron chi connectivity index (χ3n) is 5.71. The summed E-state index contributed by atoms with van der Waals surface area (Å²) in [5.41, 5.74) is 0. The summed E-state index contributed by atoms with van der Waals surface area (Å²) in [6.07, 6.45) is 9.96. The van der Waals surface area contributed by atoms with E-state index in [2.05, 4.69) is 24.2 Å². The van der Waals surface area contributed by atoms with E-state index in [0.29, 0.717) is 12.1 Å². The second-order valence-corrected chi connectivity index (χ2v) is 7.08. The topological polar surface area (TPSA) is 33.7 Å². The van der Waals surface area contributed by atoms with Gasteiger partial charge in [0.05, 0.1) is 13.2 Å². The molecule has 4 nitrogen and oxygen atoms in total. The Bertz CT molecular complexity index is 325. The van der Waals surface area contributed by atoms with Crippen molar-refractivity contribution in [3.8, 4) is 0 Å². The predicted molar refractivity (Wildman–Crippen MR) is 84.4 cm³/mol. The Morgan fingerprint density at radius 1 is 1.14 bits per heavy atom. The molecule has 0 aromatic heterocycles. The number of rotatable bonds is 5. The van der Waals surface area contributed by atoms with Gasteiger partial charge in [0.2, 0.25) is 0 Å². The number of nitrogens with zero attached hydrogens (tertiary/aromatic N) is 1. The van der Waals surface area contributed by atoms with Gasteiger partial charge in [0.1, 0.15) is 0 Å². The molecule has 1 heterocycles. The first-order valence-corrected chi connectivity index (χ1v) is 8.97. The van der Waals surface area contributed by atoms with Crippen LogP contribution in [0.3, 0.4) is 0 Å². The fraction of sp³-hybridized carbons (Fsp3) is 1.00. The number of nitrogens with one attached hydrogen (secondary N) is 1. The molecule has 0 aromatic carbocycles. The summed E-state index contributed by atoms with van der Waals surface area (Å²) in [5.74, 6) is -0.276. The first-order chi connectivity index (χ1) is 10.2. The van der Waals surface area contributed by atoms with Crippen molar-refractivity contribution in [2.75, 3.05) is 26.8 Å². The van der Waals surface area contributed by atoms with Gasteiger partial charge in [-0.25, -0.2) is 0 Å². The molecule has 1 N–H and O–H groups in total. The highest BCUT2D eigenvalue weighted by molar-refractivity contribution is 4.97. The van der Waals surface area contributed by atoms with Crippen molar-refractivity contribution in [1.29, 1.82) is 0 Å². The molecule has 2 aliphatic carbocycles. The van der Waals surface area contributed by atoms with Crippen LogP contribution in [-0.4, -0.2) is 55.6 Å². The molecule has 3 rings (SSSR count). The average Bonchev–Trinajstić information content (AvgIpc) is 3.17. The maximum Gasteiger partial charge on any atom is 0.170 e. The Balaban J connectivity index is 1.68. The fourth-order valence-corrected chi connectivity index (χ4v) is 4.47. The first kappa shape index (κ1) is 15.7. The van der Waals surface area contributed by atoms with Crippen LogP contribution in [0, 0.1) is 0 Å². The van der Waals surface area contributed by atoms with Crippen molar-refractivity contribution in [3.05, 3.63) is 0 Å². The Morgan fingerprint density at radius 3 is 2.52 bits per heavy atom. The molecular formula is C17H32N2O2. The second kappa shape index (κ2) is 6.95. The molecule has 0 amide bonds. The summed E-state index contributed by atoms with van der Waals surface area (Å²) < 4.78 is 12.0. The molecule has 3 aliphatic rings. The van der Waals surface area contributed by atoms with E-state index in [1.54, 1.807) is 0 Å². The van der Waals surface area contributed by atoms with Crippen LogP contribution in [0.2, 0.25) is 0 Å². The molecule has 0 bridgehead atoms. The van der Waals surface area contributed by atoms with Gasteiger partial charge >= 0.3 is 0 Å². The molecule has 2 unspecified atom stereocenters. The van der Waals surface area contributed by atoms with Crippen molar-refractivity contribution in [2.24, 2.45) is 0 Å². The summed E-state index contributed by atoms with van der Waals surface area (Å²) in [7, 11) is 2.33. The number of ether oxygens (including phenoxy) is 2. The molecule has 1 saturated heterocycles. The monoisotopic (exact) mass is 296 g/mol. The van der Waals surface area contributed by atoms with Crippen LogP contribution >= 0.6 is 0 Å². The fourth-order valence-electron chi connectivity index (χ4n) is 4.47. The highest BCUT2D eigenvalue weighted by Crippen LogP contribution is 2.39. The summed E-state index contributed by atoms with van der Waals surface area (Å²) in [6.45, 7) is 4.91. The summed E-state index contributed by atoms with van der Waals surface area (Å²) in [6, 6.07) is 1.90. The van der Waals surface area contributed by atoms with Crippen molar-refractivity contribution in [2.45, 2.75) is 82.2 Å². The van der Waals surface area contributed by atoms with Crippen molar-refractivity contribution >= 4 is 0 Å². The van der Waals surface area contributed by atoms with E-state index in [1.165, 1.54) is 38.5 Å². The summed E-state index contributed by atoms with van der Waals surface area (Å²) in [5, 5.41) is 3.78. The SMILES string of the molecule is CCCNC1CCC2(CC1N(C)C1CCCC1)OCCO2. The molecule has 21 heavy (non-hydrogen) atoms. The lowest BCUT2D eigenvalue weighted by Crippen LogP contribution is -2.58. The zero-order valence-corrected chi connectivity index (χ0v) is 13.8. The highest BCUT2D eigenvalue weighted by Gasteiger charge is 2.47. The molecule has 2 saturated carbocycles. The quantitative estimate of drug-likeness (QED) is 0.845. The highest BCUT2D eigenvalue weighted by atomic mass is 16.7. The van der Waals surface area contributed by atoms with Crippen LogP contribution in [-0.2, 0) is 9.47 Å². The van der Waals surface area contributed by atoms with Crippen LogP contribution in [0.1, 0.15) is 58.3 Å². The van der Waals surface area contributed by atoms with Crippen molar-refractivity contribution in [1.82, 2.24) is 10.2 Å². The lowest BCUT2D eigenvalue weighted by Gasteiger charge is -2.46. The summed E-state index contributed by atoms with van der Waals surface area (Å²) in [4.78, 5) is 2.65.